The van der Waals surface area contributed by atoms with Gasteiger partial charge in [0.15, 0.2) is 17.8 Å². The molecule has 2 aromatic carbocycles. The van der Waals surface area contributed by atoms with E-state index in [1.165, 1.54) is 20.3 Å². The summed E-state index contributed by atoms with van der Waals surface area (Å²) in [4.78, 5) is 13.1. The van der Waals surface area contributed by atoms with Crippen molar-refractivity contribution in [1.29, 1.82) is 0 Å². The van der Waals surface area contributed by atoms with Crippen LogP contribution in [0.15, 0.2) is 36.4 Å². The van der Waals surface area contributed by atoms with Crippen molar-refractivity contribution in [2.75, 3.05) is 20.8 Å². The molecule has 3 rings (SSSR count). The Morgan fingerprint density at radius 2 is 1.82 bits per heavy atom. The molecule has 2 aromatic rings. The first-order chi connectivity index (χ1) is 15.8. The number of halogens is 2. The van der Waals surface area contributed by atoms with Crippen molar-refractivity contribution < 1.29 is 39.1 Å². The zero-order chi connectivity index (χ0) is 24.1. The lowest BCUT2D eigenvalue weighted by Gasteiger charge is -2.41. The molecular weight excluding hydrogens is 477 g/mol. The summed E-state index contributed by atoms with van der Waals surface area (Å²) >= 11 is 12.8. The van der Waals surface area contributed by atoms with Crippen LogP contribution in [0.1, 0.15) is 15.9 Å². The Kier molecular flexibility index (Phi) is 8.77. The van der Waals surface area contributed by atoms with E-state index in [0.29, 0.717) is 0 Å². The van der Waals surface area contributed by atoms with Crippen molar-refractivity contribution in [2.24, 2.45) is 0 Å². The summed E-state index contributed by atoms with van der Waals surface area (Å²) < 4.78 is 21.7. The Bertz CT molecular complexity index is 959. The largest absolute Gasteiger partial charge is 0.494 e. The predicted molar refractivity (Wildman–Crippen MR) is 120 cm³/mol. The number of aliphatic hydroxyl groups excluding tert-OH is 3. The summed E-state index contributed by atoms with van der Waals surface area (Å²) in [5.74, 6) is -0.558. The molecule has 11 heteroatoms. The number of hydrogen-bond donors (Lipinski definition) is 4. The highest BCUT2D eigenvalue weighted by Gasteiger charge is 2.45. The van der Waals surface area contributed by atoms with Gasteiger partial charge in [-0.1, -0.05) is 53.5 Å². The molecule has 1 heterocycles. The molecule has 33 heavy (non-hydrogen) atoms. The molecule has 5 atom stereocenters. The fourth-order valence-corrected chi connectivity index (χ4v) is 4.12. The Labute approximate surface area is 200 Å². The van der Waals surface area contributed by atoms with E-state index in [2.05, 4.69) is 5.32 Å². The lowest BCUT2D eigenvalue weighted by molar-refractivity contribution is -0.261. The second-order valence-corrected chi connectivity index (χ2v) is 8.08. The van der Waals surface area contributed by atoms with E-state index >= 15 is 0 Å². The number of methoxy groups -OCH3 is 2. The average Bonchev–Trinajstić information content (AvgIpc) is 2.82. The first-order valence-electron chi connectivity index (χ1n) is 10.0. The number of nitrogens with one attached hydrogen (secondary N) is 1. The number of rotatable bonds is 8. The summed E-state index contributed by atoms with van der Waals surface area (Å²) in [5.41, 5.74) is 0.863. The van der Waals surface area contributed by atoms with E-state index in [9.17, 15) is 20.1 Å². The maximum Gasteiger partial charge on any atom is 0.255 e. The summed E-state index contributed by atoms with van der Waals surface area (Å²) in [6, 6.07) is 9.54. The molecule has 4 N–H and O–H groups in total. The SMILES string of the molecule is COc1c(C(=O)N[C@H]2[C@H](OC)O[C@H](CO)[C@@H](O)[C@@H]2O)cc(Cl)c(OCc2ccccc2)c1Cl. The van der Waals surface area contributed by atoms with Gasteiger partial charge in [-0.2, -0.15) is 0 Å². The van der Waals surface area contributed by atoms with Gasteiger partial charge >= 0.3 is 0 Å². The Hall–Kier alpha value is -2.11. The number of hydrogen-bond acceptors (Lipinski definition) is 8. The first-order valence-corrected chi connectivity index (χ1v) is 10.8. The monoisotopic (exact) mass is 501 g/mol. The predicted octanol–water partition coefficient (Wildman–Crippen LogP) is 1.76. The Balaban J connectivity index is 1.84. The fourth-order valence-electron chi connectivity index (χ4n) is 3.48. The van der Waals surface area contributed by atoms with Gasteiger partial charge in [-0.15, -0.1) is 0 Å². The maximum absolute atomic E-state index is 13.1. The van der Waals surface area contributed by atoms with E-state index in [1.54, 1.807) is 0 Å². The van der Waals surface area contributed by atoms with Crippen molar-refractivity contribution in [1.82, 2.24) is 5.32 Å². The van der Waals surface area contributed by atoms with Crippen molar-refractivity contribution in [3.8, 4) is 11.5 Å². The number of benzene rings is 2. The van der Waals surface area contributed by atoms with Crippen LogP contribution in [0.5, 0.6) is 11.5 Å². The molecule has 0 aromatic heterocycles. The highest BCUT2D eigenvalue weighted by atomic mass is 35.5. The van der Waals surface area contributed by atoms with Crippen LogP contribution in [-0.4, -0.2) is 72.7 Å². The second kappa shape index (κ2) is 11.3. The smallest absolute Gasteiger partial charge is 0.255 e. The molecule has 1 fully saturated rings. The van der Waals surface area contributed by atoms with Crippen molar-refractivity contribution in [3.63, 3.8) is 0 Å². The second-order valence-electron chi connectivity index (χ2n) is 7.30. The van der Waals surface area contributed by atoms with Gasteiger partial charge in [0.2, 0.25) is 0 Å². The van der Waals surface area contributed by atoms with Crippen LogP contribution in [0, 0.1) is 0 Å². The number of carbonyl (C=O) groups excluding carboxylic acids is 1. The van der Waals surface area contributed by atoms with Gasteiger partial charge in [0.25, 0.3) is 5.91 Å². The number of carbonyl (C=O) groups is 1. The third kappa shape index (κ3) is 5.52. The molecule has 180 valence electrons. The topological polar surface area (TPSA) is 127 Å². The molecular formula is C22H25Cl2NO8. The lowest BCUT2D eigenvalue weighted by Crippen LogP contribution is -2.64. The van der Waals surface area contributed by atoms with Gasteiger partial charge < -0.3 is 39.6 Å². The zero-order valence-corrected chi connectivity index (χ0v) is 19.4. The van der Waals surface area contributed by atoms with Crippen LogP contribution >= 0.6 is 23.2 Å². The molecule has 0 aliphatic carbocycles. The van der Waals surface area contributed by atoms with Crippen LogP contribution in [0.4, 0.5) is 0 Å². The fraction of sp³-hybridized carbons (Fsp3) is 0.409. The molecule has 0 radical (unpaired) electrons. The van der Waals surface area contributed by atoms with E-state index in [0.717, 1.165) is 5.56 Å². The molecule has 1 aliphatic rings. The Morgan fingerprint density at radius 1 is 1.12 bits per heavy atom. The first kappa shape index (κ1) is 25.5. The molecule has 0 unspecified atom stereocenters. The summed E-state index contributed by atoms with van der Waals surface area (Å²) in [6.07, 6.45) is -5.13. The van der Waals surface area contributed by atoms with Crippen molar-refractivity contribution >= 4 is 29.1 Å². The van der Waals surface area contributed by atoms with Crippen molar-refractivity contribution in [3.05, 3.63) is 57.6 Å². The summed E-state index contributed by atoms with van der Waals surface area (Å²) in [6.45, 7) is -0.345. The zero-order valence-electron chi connectivity index (χ0n) is 17.9. The molecule has 1 aliphatic heterocycles. The maximum atomic E-state index is 13.1. The van der Waals surface area contributed by atoms with Crippen molar-refractivity contribution in [2.45, 2.75) is 37.3 Å². The standard InChI is InChI=1S/C22H25Cl2NO8/c1-30-19-12(8-13(23)20(15(19)24)32-10-11-6-4-3-5-7-11)21(29)25-16-18(28)17(27)14(9-26)33-22(16)31-2/h3-8,14,16-18,22,26-28H,9-10H2,1-2H3,(H,25,29)/t14-,16-,17-,18-,22-/m1/s1. The highest BCUT2D eigenvalue weighted by Crippen LogP contribution is 2.43. The summed E-state index contributed by atoms with van der Waals surface area (Å²) in [7, 11) is 2.63. The van der Waals surface area contributed by atoms with Crippen LogP contribution in [0.3, 0.4) is 0 Å². The van der Waals surface area contributed by atoms with E-state index in [-0.39, 0.29) is 33.7 Å². The van der Waals surface area contributed by atoms with Gasteiger partial charge in [-0.25, -0.2) is 0 Å². The highest BCUT2D eigenvalue weighted by molar-refractivity contribution is 6.39. The van der Waals surface area contributed by atoms with Gasteiger partial charge in [0.05, 0.1) is 24.3 Å². The minimum atomic E-state index is -1.48. The quantitative estimate of drug-likeness (QED) is 0.431. The molecule has 0 spiro atoms. The summed E-state index contributed by atoms with van der Waals surface area (Å²) in [5, 5.41) is 32.5. The normalized spacial score (nSPS) is 24.9. The van der Waals surface area contributed by atoms with E-state index in [4.69, 9.17) is 42.1 Å². The van der Waals surface area contributed by atoms with Crippen LogP contribution < -0.4 is 14.8 Å². The molecule has 1 saturated heterocycles. The van der Waals surface area contributed by atoms with Crippen LogP contribution in [-0.2, 0) is 16.1 Å². The van der Waals surface area contributed by atoms with Gasteiger partial charge in [0, 0.05) is 7.11 Å². The van der Waals surface area contributed by atoms with E-state index in [1.807, 2.05) is 30.3 Å². The Morgan fingerprint density at radius 3 is 2.42 bits per heavy atom. The third-order valence-electron chi connectivity index (χ3n) is 5.22. The number of aliphatic hydroxyl groups is 3. The molecule has 9 nitrogen and oxygen atoms in total. The van der Waals surface area contributed by atoms with Gasteiger partial charge in [-0.05, 0) is 11.6 Å². The van der Waals surface area contributed by atoms with Crippen LogP contribution in [0.25, 0.3) is 0 Å². The van der Waals surface area contributed by atoms with E-state index < -0.39 is 43.2 Å². The molecule has 0 saturated carbocycles. The number of ether oxygens (including phenoxy) is 4. The van der Waals surface area contributed by atoms with Crippen LogP contribution in [0.2, 0.25) is 10.0 Å². The third-order valence-corrected chi connectivity index (χ3v) is 5.84. The molecule has 0 bridgehead atoms. The van der Waals surface area contributed by atoms with Gasteiger partial charge in [-0.3, -0.25) is 4.79 Å². The number of amides is 1. The molecule has 1 amide bonds. The minimum Gasteiger partial charge on any atom is -0.494 e. The lowest BCUT2D eigenvalue weighted by atomic mass is 9.96. The van der Waals surface area contributed by atoms with Gasteiger partial charge in [0.1, 0.15) is 36.0 Å². The average molecular weight is 502 g/mol. The minimum absolute atomic E-state index is 0.00445.